The summed E-state index contributed by atoms with van der Waals surface area (Å²) >= 11 is 0. The van der Waals surface area contributed by atoms with Crippen LogP contribution in [-0.4, -0.2) is 57.2 Å². The summed E-state index contributed by atoms with van der Waals surface area (Å²) in [6, 6.07) is 29.3. The molecule has 0 N–H and O–H groups in total. The number of nitrogens with zero attached hydrogens (tertiary/aromatic N) is 1. The van der Waals surface area contributed by atoms with Gasteiger partial charge in [0.25, 0.3) is 0 Å². The maximum absolute atomic E-state index is 6.05. The van der Waals surface area contributed by atoms with E-state index in [0.29, 0.717) is 13.2 Å². The van der Waals surface area contributed by atoms with E-state index in [1.807, 2.05) is 24.3 Å². The lowest BCUT2D eigenvalue weighted by molar-refractivity contribution is -0.947. The second-order valence-electron chi connectivity index (χ2n) is 8.09. The Morgan fingerprint density at radius 3 is 2.16 bits per heavy atom. The first kappa shape index (κ1) is 21.6. The first-order valence-electron chi connectivity index (χ1n) is 11.2. The maximum Gasteiger partial charge on any atom is 0.127 e. The fraction of sp³-hybridized carbons (Fsp3) is 0.333. The van der Waals surface area contributed by atoms with Crippen molar-refractivity contribution in [1.29, 1.82) is 0 Å². The first-order chi connectivity index (χ1) is 15.3. The Morgan fingerprint density at radius 2 is 1.39 bits per heavy atom. The molecule has 0 saturated carbocycles. The van der Waals surface area contributed by atoms with E-state index in [1.54, 1.807) is 0 Å². The van der Waals surface area contributed by atoms with Crippen molar-refractivity contribution in [1.82, 2.24) is 0 Å². The second-order valence-corrected chi connectivity index (χ2v) is 8.09. The van der Waals surface area contributed by atoms with Crippen LogP contribution in [0.15, 0.2) is 84.9 Å². The number of quaternary nitrogens is 1. The Labute approximate surface area is 185 Å². The molecule has 0 atom stereocenters. The molecule has 4 heteroatoms. The molecule has 1 aliphatic heterocycles. The van der Waals surface area contributed by atoms with Crippen molar-refractivity contribution in [2.45, 2.75) is 6.54 Å². The van der Waals surface area contributed by atoms with Gasteiger partial charge >= 0.3 is 0 Å². The highest BCUT2D eigenvalue weighted by molar-refractivity contribution is 5.70. The van der Waals surface area contributed by atoms with Gasteiger partial charge in [-0.25, -0.2) is 0 Å². The normalized spacial score (nSPS) is 15.5. The molecule has 4 nitrogen and oxygen atoms in total. The molecule has 0 bridgehead atoms. The van der Waals surface area contributed by atoms with Gasteiger partial charge < -0.3 is 18.7 Å². The summed E-state index contributed by atoms with van der Waals surface area (Å²) in [5.41, 5.74) is 3.66. The summed E-state index contributed by atoms with van der Waals surface area (Å²) in [6.45, 7) is 7.64. The van der Waals surface area contributed by atoms with E-state index in [1.165, 1.54) is 11.1 Å². The lowest BCUT2D eigenvalue weighted by atomic mass is 10.1. The molecule has 0 unspecified atom stereocenters. The third-order valence-corrected chi connectivity index (χ3v) is 5.95. The number of rotatable bonds is 10. The Morgan fingerprint density at radius 1 is 0.710 bits per heavy atom. The number of benzene rings is 3. The zero-order chi connectivity index (χ0) is 21.2. The van der Waals surface area contributed by atoms with E-state index < -0.39 is 0 Å². The molecule has 0 spiro atoms. The van der Waals surface area contributed by atoms with Crippen molar-refractivity contribution < 1.29 is 18.7 Å². The van der Waals surface area contributed by atoms with Gasteiger partial charge in [-0.1, -0.05) is 78.9 Å². The fourth-order valence-corrected chi connectivity index (χ4v) is 4.18. The van der Waals surface area contributed by atoms with Crippen LogP contribution >= 0.6 is 0 Å². The van der Waals surface area contributed by atoms with E-state index in [4.69, 9.17) is 14.2 Å². The molecular weight excluding hydrogens is 386 g/mol. The number of hydrogen-bond acceptors (Lipinski definition) is 3. The molecular formula is C27H32NO3+. The van der Waals surface area contributed by atoms with Gasteiger partial charge in [0.1, 0.15) is 38.5 Å². The van der Waals surface area contributed by atoms with Crippen molar-refractivity contribution in [3.63, 3.8) is 0 Å². The largest absolute Gasteiger partial charge is 0.491 e. The van der Waals surface area contributed by atoms with Crippen LogP contribution in [0.5, 0.6) is 5.75 Å². The summed E-state index contributed by atoms with van der Waals surface area (Å²) < 4.78 is 18.7. The van der Waals surface area contributed by atoms with E-state index in [9.17, 15) is 0 Å². The molecule has 1 fully saturated rings. The summed E-state index contributed by atoms with van der Waals surface area (Å²) in [5.74, 6) is 0.901. The SMILES string of the molecule is c1ccc(C[N+]2(CCOCCOc3ccccc3-c3ccccc3)CCOCC2)cc1. The molecule has 1 saturated heterocycles. The van der Waals surface area contributed by atoms with Crippen molar-refractivity contribution in [2.24, 2.45) is 0 Å². The standard InChI is InChI=1S/C27H32NO3/c1-3-9-24(10-4-1)23-28(15-18-29-19-16-28)17-20-30-21-22-31-27-14-8-7-13-26(27)25-11-5-2-6-12-25/h1-14H,15-23H2/q+1. The molecule has 31 heavy (non-hydrogen) atoms. The highest BCUT2D eigenvalue weighted by Gasteiger charge is 2.30. The van der Waals surface area contributed by atoms with Gasteiger partial charge in [-0.15, -0.1) is 0 Å². The van der Waals surface area contributed by atoms with Gasteiger partial charge in [-0.05, 0) is 11.6 Å². The van der Waals surface area contributed by atoms with Crippen LogP contribution < -0.4 is 4.74 Å². The molecule has 3 aromatic carbocycles. The van der Waals surface area contributed by atoms with Crippen molar-refractivity contribution in [2.75, 3.05) is 52.7 Å². The Bertz CT molecular complexity index is 908. The molecule has 1 aliphatic rings. The zero-order valence-corrected chi connectivity index (χ0v) is 18.1. The van der Waals surface area contributed by atoms with E-state index in [2.05, 4.69) is 60.7 Å². The topological polar surface area (TPSA) is 27.7 Å². The predicted molar refractivity (Wildman–Crippen MR) is 124 cm³/mol. The van der Waals surface area contributed by atoms with E-state index in [-0.39, 0.29) is 0 Å². The molecule has 1 heterocycles. The second kappa shape index (κ2) is 11.1. The minimum Gasteiger partial charge on any atom is -0.491 e. The Hall–Kier alpha value is -2.66. The average Bonchev–Trinajstić information content (AvgIpc) is 2.83. The minimum absolute atomic E-state index is 0.547. The summed E-state index contributed by atoms with van der Waals surface area (Å²) in [4.78, 5) is 0. The monoisotopic (exact) mass is 418 g/mol. The van der Waals surface area contributed by atoms with Crippen LogP contribution in [0.3, 0.4) is 0 Å². The average molecular weight is 419 g/mol. The minimum atomic E-state index is 0.547. The molecule has 0 amide bonds. The zero-order valence-electron chi connectivity index (χ0n) is 18.1. The predicted octanol–water partition coefficient (Wildman–Crippen LogP) is 4.80. The van der Waals surface area contributed by atoms with Crippen LogP contribution in [-0.2, 0) is 16.0 Å². The highest BCUT2D eigenvalue weighted by Crippen LogP contribution is 2.29. The van der Waals surface area contributed by atoms with Crippen LogP contribution in [0.1, 0.15) is 5.56 Å². The van der Waals surface area contributed by atoms with Crippen LogP contribution in [0.2, 0.25) is 0 Å². The van der Waals surface area contributed by atoms with Gasteiger partial charge in [-0.2, -0.15) is 0 Å². The lowest BCUT2D eigenvalue weighted by Gasteiger charge is -2.41. The number of morpholine rings is 1. The Balaban J connectivity index is 1.25. The van der Waals surface area contributed by atoms with Gasteiger partial charge in [0.05, 0.1) is 26.4 Å². The van der Waals surface area contributed by atoms with Crippen molar-refractivity contribution >= 4 is 0 Å². The Kier molecular flexibility index (Phi) is 7.72. The molecule has 0 aliphatic carbocycles. The molecule has 4 rings (SSSR count). The van der Waals surface area contributed by atoms with Crippen molar-refractivity contribution in [3.8, 4) is 16.9 Å². The molecule has 3 aromatic rings. The van der Waals surface area contributed by atoms with Crippen LogP contribution in [0.4, 0.5) is 0 Å². The quantitative estimate of drug-likeness (QED) is 0.350. The third kappa shape index (κ3) is 6.17. The van der Waals surface area contributed by atoms with E-state index >= 15 is 0 Å². The molecule has 0 radical (unpaired) electrons. The van der Waals surface area contributed by atoms with Gasteiger partial charge in [0, 0.05) is 11.1 Å². The van der Waals surface area contributed by atoms with Gasteiger partial charge in [-0.3, -0.25) is 0 Å². The van der Waals surface area contributed by atoms with Gasteiger partial charge in [0.15, 0.2) is 0 Å². The smallest absolute Gasteiger partial charge is 0.127 e. The van der Waals surface area contributed by atoms with Crippen molar-refractivity contribution in [3.05, 3.63) is 90.5 Å². The first-order valence-corrected chi connectivity index (χ1v) is 11.2. The molecule has 162 valence electrons. The number of ether oxygens (including phenoxy) is 3. The van der Waals surface area contributed by atoms with Crippen LogP contribution in [0, 0.1) is 0 Å². The number of hydrogen-bond donors (Lipinski definition) is 0. The van der Waals surface area contributed by atoms with Crippen LogP contribution in [0.25, 0.3) is 11.1 Å². The third-order valence-electron chi connectivity index (χ3n) is 5.95. The lowest BCUT2D eigenvalue weighted by Crippen LogP contribution is -2.55. The molecule has 0 aromatic heterocycles. The fourth-order valence-electron chi connectivity index (χ4n) is 4.18. The number of para-hydroxylation sites is 1. The summed E-state index contributed by atoms with van der Waals surface area (Å²) in [5, 5.41) is 0. The summed E-state index contributed by atoms with van der Waals surface area (Å²) in [6.07, 6.45) is 0. The van der Waals surface area contributed by atoms with E-state index in [0.717, 1.165) is 61.8 Å². The van der Waals surface area contributed by atoms with Gasteiger partial charge in [0.2, 0.25) is 0 Å². The maximum atomic E-state index is 6.05. The highest BCUT2D eigenvalue weighted by atomic mass is 16.5. The summed E-state index contributed by atoms with van der Waals surface area (Å²) in [7, 11) is 0.